The van der Waals surface area contributed by atoms with Gasteiger partial charge >= 0.3 is 11.8 Å². The van der Waals surface area contributed by atoms with Crippen molar-refractivity contribution in [3.8, 4) is 17.2 Å². The molecule has 1 spiro atoms. The number of hydrogen-bond acceptors (Lipinski definition) is 14. The summed E-state index contributed by atoms with van der Waals surface area (Å²) in [5.74, 6) is -6.57. The topological polar surface area (TPSA) is 209 Å². The highest BCUT2D eigenvalue weighted by Crippen LogP contribution is 2.51. The van der Waals surface area contributed by atoms with Gasteiger partial charge in [-0.05, 0) is 25.8 Å². The van der Waals surface area contributed by atoms with Crippen LogP contribution in [0.15, 0.2) is 46.1 Å². The van der Waals surface area contributed by atoms with E-state index in [1.807, 2.05) is 0 Å². The van der Waals surface area contributed by atoms with Gasteiger partial charge in [0.05, 0.1) is 41.2 Å². The van der Waals surface area contributed by atoms with Crippen molar-refractivity contribution < 1.29 is 53.8 Å². The van der Waals surface area contributed by atoms with Gasteiger partial charge in [0, 0.05) is 93.6 Å². The van der Waals surface area contributed by atoms with E-state index in [0.29, 0.717) is 24.4 Å². The van der Waals surface area contributed by atoms with Gasteiger partial charge in [-0.3, -0.25) is 19.4 Å². The van der Waals surface area contributed by atoms with Crippen LogP contribution >= 0.6 is 0 Å². The Morgan fingerprint density at radius 3 is 2.28 bits per heavy atom. The molecule has 4 aliphatic rings. The minimum absolute atomic E-state index is 0.0538. The number of allylic oxidation sites excluding steroid dienone is 2. The van der Waals surface area contributed by atoms with Crippen molar-refractivity contribution in [1.82, 2.24) is 4.90 Å². The fourth-order valence-corrected chi connectivity index (χ4v) is 9.24. The van der Waals surface area contributed by atoms with Crippen LogP contribution in [0.25, 0.3) is 10.8 Å². The maximum Gasteiger partial charge on any atom is 0.312 e. The predicted octanol–water partition coefficient (Wildman–Crippen LogP) is 4.75. The molecule has 15 heteroatoms. The second-order valence-corrected chi connectivity index (χ2v) is 18.0. The Hall–Kier alpha value is -4.83. The van der Waals surface area contributed by atoms with Crippen molar-refractivity contribution >= 4 is 34.1 Å². The Balaban J connectivity index is 1.55. The van der Waals surface area contributed by atoms with E-state index >= 15 is 0 Å². The summed E-state index contributed by atoms with van der Waals surface area (Å²) in [5.41, 5.74) is -0.111. The quantitative estimate of drug-likeness (QED) is 0.208. The number of carbonyl (C=O) groups is 3. The second kappa shape index (κ2) is 17.5. The second-order valence-electron chi connectivity index (χ2n) is 18.0. The zero-order chi connectivity index (χ0) is 44.9. The number of Topliss-reactive ketones (excluding diaryl/α,β-unsaturated/α-hetero) is 1. The highest BCUT2D eigenvalue weighted by atomic mass is 16.7. The molecule has 4 aliphatic heterocycles. The molecule has 0 aliphatic carbocycles. The van der Waals surface area contributed by atoms with E-state index in [1.54, 1.807) is 65.8 Å². The van der Waals surface area contributed by atoms with Gasteiger partial charge in [0.15, 0.2) is 5.75 Å². The largest absolute Gasteiger partial charge is 0.507 e. The Bertz CT molecular complexity index is 2300. The average molecular weight is 847 g/mol. The number of phenolic OH excluding ortho intramolecular Hbond substituents is 2. The number of aromatic hydroxyl groups is 2. The maximum atomic E-state index is 14.7. The molecule has 0 aromatic heterocycles. The lowest BCUT2D eigenvalue weighted by Crippen LogP contribution is -2.47. The maximum absolute atomic E-state index is 14.7. The first-order valence-corrected chi connectivity index (χ1v) is 21.2. The van der Waals surface area contributed by atoms with Crippen LogP contribution in [0.4, 0.5) is 5.69 Å². The number of piperidine rings is 1. The van der Waals surface area contributed by atoms with Crippen molar-refractivity contribution in [2.75, 3.05) is 32.1 Å². The molecule has 1 fully saturated rings. The van der Waals surface area contributed by atoms with Crippen LogP contribution in [0.5, 0.6) is 17.2 Å². The van der Waals surface area contributed by atoms with E-state index < -0.39 is 82.9 Å². The zero-order valence-electron chi connectivity index (χ0n) is 37.1. The lowest BCUT2D eigenvalue weighted by molar-refractivity contribution is -0.160. The highest BCUT2D eigenvalue weighted by molar-refractivity contribution is 6.21. The molecule has 15 nitrogen and oxygen atoms in total. The first-order chi connectivity index (χ1) is 28.6. The number of amides is 1. The van der Waals surface area contributed by atoms with Gasteiger partial charge in [0.25, 0.3) is 11.7 Å². The summed E-state index contributed by atoms with van der Waals surface area (Å²) in [6, 6.07) is 0. The van der Waals surface area contributed by atoms with Crippen molar-refractivity contribution in [2.45, 2.75) is 118 Å². The van der Waals surface area contributed by atoms with Crippen molar-refractivity contribution in [3.63, 3.8) is 0 Å². The molecule has 6 rings (SSSR count). The predicted molar refractivity (Wildman–Crippen MR) is 228 cm³/mol. The summed E-state index contributed by atoms with van der Waals surface area (Å²) < 4.78 is 24.0. The standard InChI is InChI=1S/C46H62N4O11/c1-22(2)21-50-18-16-46(17-19-50)48-34-31-32-39(54)28(8)42-33(31)43(56)45(10,61-42)59-20-15-30(58-11)25(5)41(60-29(9)51)27(7)38(53)26(6)37(52)23(3)13-12-14-24(4)44(57)47-36(40(32)55)35(34)49-46/h12-15,20,22-23,25-27,30,37-38,41,48,52-55H,16-19,21H2,1-11H3/b13-12?,20-15-,24-14-,47-36?/t23-,25-,26+,27+,30-,37-,38+,41+,45-/m0/s1. The monoisotopic (exact) mass is 846 g/mol. The summed E-state index contributed by atoms with van der Waals surface area (Å²) in [5, 5.41) is 50.5. The number of rotatable bonds is 4. The Kier molecular flexibility index (Phi) is 13.1. The molecule has 4 heterocycles. The van der Waals surface area contributed by atoms with Crippen LogP contribution in [0.3, 0.4) is 0 Å². The van der Waals surface area contributed by atoms with Gasteiger partial charge < -0.3 is 49.6 Å². The number of hydrogen-bond donors (Lipinski definition) is 5. The molecule has 1 saturated heterocycles. The highest BCUT2D eigenvalue weighted by Gasteiger charge is 2.51. The summed E-state index contributed by atoms with van der Waals surface area (Å²) in [6.07, 6.45) is 5.07. The summed E-state index contributed by atoms with van der Waals surface area (Å²) in [4.78, 5) is 52.9. The van der Waals surface area contributed by atoms with Crippen molar-refractivity contribution in [3.05, 3.63) is 58.0 Å². The lowest BCUT2D eigenvalue weighted by Gasteiger charge is -2.38. The van der Waals surface area contributed by atoms with Gasteiger partial charge in [0.1, 0.15) is 34.0 Å². The smallest absolute Gasteiger partial charge is 0.312 e. The molecular weight excluding hydrogens is 785 g/mol. The van der Waals surface area contributed by atoms with Crippen LogP contribution < -0.4 is 20.8 Å². The van der Waals surface area contributed by atoms with Gasteiger partial charge in [-0.2, -0.15) is 0 Å². The number of nitrogens with zero attached hydrogens (tertiary/aromatic N) is 3. The first-order valence-electron chi connectivity index (χ1n) is 21.2. The van der Waals surface area contributed by atoms with E-state index in [0.717, 1.165) is 19.6 Å². The van der Waals surface area contributed by atoms with E-state index in [4.69, 9.17) is 23.9 Å². The van der Waals surface area contributed by atoms with Crippen LogP contribution in [-0.4, -0.2) is 106 Å². The summed E-state index contributed by atoms with van der Waals surface area (Å²) in [6.45, 7) is 19.6. The van der Waals surface area contributed by atoms with Crippen LogP contribution in [0.1, 0.15) is 91.1 Å². The molecular formula is C46H62N4O11. The van der Waals surface area contributed by atoms with Gasteiger partial charge in [0.2, 0.25) is 0 Å². The lowest BCUT2D eigenvalue weighted by atomic mass is 9.78. The third-order valence-electron chi connectivity index (χ3n) is 12.9. The molecule has 0 unspecified atom stereocenters. The number of benzene rings is 2. The minimum atomic E-state index is -1.95. The number of carbonyl (C=O) groups excluding carboxylic acids is 3. The number of methoxy groups -OCH3 is 1. The number of likely N-dealkylation sites (tertiary alicyclic amines) is 1. The molecule has 4 bridgehead atoms. The SMILES string of the molecule is CO[C@H]1/C=C\O[C@@]2(C)Oc3c(C)c(O)c4c(O)c(c5c(c4c3C2=O)NC2(CCN(CC(C)C)CC2)N=5)=NC(=O)/C(C)=C\C=C[C@H](C)[C@H](O)[C@@H](C)[C@@H](O)[C@@H](C)[C@H](OC(C)=O)[C@H]1C. The van der Waals surface area contributed by atoms with Crippen LogP contribution in [-0.2, 0) is 23.8 Å². The number of ketones is 1. The number of ether oxygens (including phenoxy) is 4. The van der Waals surface area contributed by atoms with Crippen LogP contribution in [0, 0.1) is 36.5 Å². The minimum Gasteiger partial charge on any atom is -0.507 e. The fraction of sp³-hybridized carbons (Fsp3) is 0.587. The summed E-state index contributed by atoms with van der Waals surface area (Å²) >= 11 is 0. The number of esters is 1. The molecule has 0 radical (unpaired) electrons. The third kappa shape index (κ3) is 8.54. The molecule has 61 heavy (non-hydrogen) atoms. The fourth-order valence-electron chi connectivity index (χ4n) is 9.24. The van der Waals surface area contributed by atoms with Gasteiger partial charge in [-0.15, -0.1) is 0 Å². The molecule has 1 amide bonds. The van der Waals surface area contributed by atoms with Crippen molar-refractivity contribution in [1.29, 1.82) is 0 Å². The molecule has 5 N–H and O–H groups in total. The van der Waals surface area contributed by atoms with Crippen molar-refractivity contribution in [2.24, 2.45) is 39.6 Å². The van der Waals surface area contributed by atoms with E-state index in [9.17, 15) is 34.8 Å². The molecule has 2 aromatic carbocycles. The number of anilines is 1. The number of nitrogens with one attached hydrogen (secondary N) is 1. The Labute approximate surface area is 356 Å². The number of phenols is 2. The number of aliphatic hydroxyl groups is 2. The zero-order valence-corrected chi connectivity index (χ0v) is 37.1. The first kappa shape index (κ1) is 45.7. The number of fused-ring (bicyclic) bond motifs is 1. The normalized spacial score (nSPS) is 32.1. The average Bonchev–Trinajstić information content (AvgIpc) is 3.71. The van der Waals surface area contributed by atoms with E-state index in [-0.39, 0.29) is 49.7 Å². The third-order valence-corrected chi connectivity index (χ3v) is 12.9. The Morgan fingerprint density at radius 1 is 0.984 bits per heavy atom. The molecule has 9 atom stereocenters. The molecule has 0 saturated carbocycles. The number of aliphatic hydroxyl groups excluding tert-OH is 2. The van der Waals surface area contributed by atoms with Gasteiger partial charge in [-0.1, -0.05) is 59.8 Å². The molecule has 2 aromatic rings. The molecule has 332 valence electrons. The van der Waals surface area contributed by atoms with E-state index in [1.165, 1.54) is 27.2 Å². The van der Waals surface area contributed by atoms with E-state index in [2.05, 4.69) is 29.1 Å². The summed E-state index contributed by atoms with van der Waals surface area (Å²) in [7, 11) is 1.47. The van der Waals surface area contributed by atoms with Crippen LogP contribution in [0.2, 0.25) is 0 Å². The van der Waals surface area contributed by atoms with Gasteiger partial charge in [-0.25, -0.2) is 4.99 Å². The Morgan fingerprint density at radius 2 is 1.66 bits per heavy atom.